The number of rotatable bonds is 3. The van der Waals surface area contributed by atoms with Crippen LogP contribution in [0.5, 0.6) is 0 Å². The minimum atomic E-state index is -1.01. The summed E-state index contributed by atoms with van der Waals surface area (Å²) in [6.07, 6.45) is 3.44. The lowest BCUT2D eigenvalue weighted by atomic mass is 9.91. The molecule has 0 radical (unpaired) electrons. The smallest absolute Gasteiger partial charge is 0.320 e. The predicted molar refractivity (Wildman–Crippen MR) is 106 cm³/mol. The van der Waals surface area contributed by atoms with Gasteiger partial charge in [-0.2, -0.15) is 0 Å². The highest BCUT2D eigenvalue weighted by Gasteiger charge is 2.42. The number of guanidine groups is 1. The molecule has 9 heteroatoms. The maximum atomic E-state index is 12.8. The van der Waals surface area contributed by atoms with Gasteiger partial charge in [-0.15, -0.1) is 0 Å². The second-order valence-corrected chi connectivity index (χ2v) is 6.82. The van der Waals surface area contributed by atoms with Crippen LogP contribution in [0.15, 0.2) is 53.8 Å². The Balaban J connectivity index is 1.55. The van der Waals surface area contributed by atoms with Crippen molar-refractivity contribution in [2.45, 2.75) is 6.04 Å². The topological polar surface area (TPSA) is 100 Å². The molecule has 1 fully saturated rings. The normalized spacial score (nSPS) is 22.0. The number of amides is 1. The van der Waals surface area contributed by atoms with Crippen molar-refractivity contribution < 1.29 is 14.3 Å². The fraction of sp³-hybridized carbons (Fsp3) is 0.350. The molecule has 3 heterocycles. The Kier molecular flexibility index (Phi) is 5.37. The number of esters is 1. The summed E-state index contributed by atoms with van der Waals surface area (Å²) in [4.78, 5) is 42.4. The van der Waals surface area contributed by atoms with Gasteiger partial charge in [0.25, 0.3) is 0 Å². The second-order valence-electron chi connectivity index (χ2n) is 6.82. The molecule has 150 valence electrons. The molecule has 0 bridgehead atoms. The number of carbonyl (C=O) groups excluding carboxylic acids is 2. The number of carbonyl (C=O) groups is 2. The van der Waals surface area contributed by atoms with Gasteiger partial charge in [0, 0.05) is 38.6 Å². The number of hydrogen-bond acceptors (Lipinski definition) is 8. The molecule has 1 saturated heterocycles. The molecule has 0 saturated carbocycles. The van der Waals surface area contributed by atoms with E-state index in [0.717, 1.165) is 5.56 Å². The number of ether oxygens (including phenoxy) is 1. The maximum Gasteiger partial charge on any atom is 0.320 e. The Morgan fingerprint density at radius 1 is 1.03 bits per heavy atom. The molecular formula is C20H22N6O3. The highest BCUT2D eigenvalue weighted by molar-refractivity contribution is 6.08. The third-order valence-corrected chi connectivity index (χ3v) is 5.10. The largest absolute Gasteiger partial charge is 0.468 e. The van der Waals surface area contributed by atoms with Crippen LogP contribution >= 0.6 is 0 Å². The van der Waals surface area contributed by atoms with Crippen LogP contribution in [0.2, 0.25) is 0 Å². The van der Waals surface area contributed by atoms with Crippen LogP contribution in [0.3, 0.4) is 0 Å². The standard InChI is InChI=1S/C20H22N6O3/c1-29-18(28)15-16(14-6-3-2-4-7-14)23-20(24-17(15)27)26-12-10-25(11-13-26)19-21-8-5-9-22-19/h2-9,15-16H,10-13H2,1H3,(H,23,24,27)/t15-,16-/m0/s1. The number of benzene rings is 1. The van der Waals surface area contributed by atoms with E-state index in [1.165, 1.54) is 7.11 Å². The highest BCUT2D eigenvalue weighted by Crippen LogP contribution is 2.30. The van der Waals surface area contributed by atoms with Crippen molar-refractivity contribution in [2.24, 2.45) is 10.9 Å². The Labute approximate surface area is 168 Å². The monoisotopic (exact) mass is 394 g/mol. The van der Waals surface area contributed by atoms with Crippen LogP contribution in [0, 0.1) is 5.92 Å². The van der Waals surface area contributed by atoms with Crippen LogP contribution in [-0.4, -0.2) is 66.0 Å². The molecule has 29 heavy (non-hydrogen) atoms. The molecule has 2 atom stereocenters. The van der Waals surface area contributed by atoms with Crippen LogP contribution in [0.4, 0.5) is 5.95 Å². The van der Waals surface area contributed by atoms with E-state index in [1.54, 1.807) is 18.5 Å². The molecule has 2 aliphatic rings. The van der Waals surface area contributed by atoms with Gasteiger partial charge in [0.1, 0.15) is 6.04 Å². The Morgan fingerprint density at radius 2 is 1.69 bits per heavy atom. The summed E-state index contributed by atoms with van der Waals surface area (Å²) in [6, 6.07) is 10.5. The molecule has 0 spiro atoms. The van der Waals surface area contributed by atoms with E-state index in [0.29, 0.717) is 38.1 Å². The third-order valence-electron chi connectivity index (χ3n) is 5.10. The number of nitrogens with zero attached hydrogens (tertiary/aromatic N) is 5. The molecule has 2 aromatic rings. The quantitative estimate of drug-likeness (QED) is 0.602. The zero-order valence-corrected chi connectivity index (χ0v) is 16.1. The molecule has 0 unspecified atom stereocenters. The Hall–Kier alpha value is -3.49. The van der Waals surface area contributed by atoms with Crippen LogP contribution in [0.25, 0.3) is 0 Å². The van der Waals surface area contributed by atoms with E-state index in [2.05, 4.69) is 20.2 Å². The molecule has 1 N–H and O–H groups in total. The summed E-state index contributed by atoms with van der Waals surface area (Å²) in [5, 5.41) is 2.79. The zero-order chi connectivity index (χ0) is 20.2. The van der Waals surface area contributed by atoms with E-state index in [1.807, 2.05) is 35.2 Å². The van der Waals surface area contributed by atoms with E-state index in [9.17, 15) is 9.59 Å². The van der Waals surface area contributed by atoms with Crippen LogP contribution < -0.4 is 10.2 Å². The van der Waals surface area contributed by atoms with Crippen molar-refractivity contribution in [1.29, 1.82) is 0 Å². The van der Waals surface area contributed by atoms with Crippen molar-refractivity contribution in [3.63, 3.8) is 0 Å². The van der Waals surface area contributed by atoms with Crippen LogP contribution in [0.1, 0.15) is 11.6 Å². The minimum absolute atomic E-state index is 0.399. The molecule has 9 nitrogen and oxygen atoms in total. The lowest BCUT2D eigenvalue weighted by Crippen LogP contribution is -2.57. The molecule has 2 aliphatic heterocycles. The van der Waals surface area contributed by atoms with Gasteiger partial charge in [0.15, 0.2) is 5.92 Å². The van der Waals surface area contributed by atoms with E-state index < -0.39 is 23.8 Å². The van der Waals surface area contributed by atoms with Gasteiger partial charge in [0.2, 0.25) is 17.8 Å². The number of aromatic nitrogens is 2. The third kappa shape index (κ3) is 3.89. The fourth-order valence-electron chi connectivity index (χ4n) is 3.58. The summed E-state index contributed by atoms with van der Waals surface area (Å²) >= 11 is 0. The highest BCUT2D eigenvalue weighted by atomic mass is 16.5. The predicted octanol–water partition coefficient (Wildman–Crippen LogP) is 0.615. The average Bonchev–Trinajstić information content (AvgIpc) is 2.79. The Morgan fingerprint density at radius 3 is 2.34 bits per heavy atom. The van der Waals surface area contributed by atoms with Crippen molar-refractivity contribution in [3.8, 4) is 0 Å². The molecule has 1 aromatic carbocycles. The number of aliphatic imine (C=N–C) groups is 1. The summed E-state index contributed by atoms with van der Waals surface area (Å²) in [5.41, 5.74) is 0.798. The molecule has 4 rings (SSSR count). The first-order valence-electron chi connectivity index (χ1n) is 9.45. The van der Waals surface area contributed by atoms with Crippen molar-refractivity contribution in [2.75, 3.05) is 38.2 Å². The Bertz CT molecular complexity index is 897. The summed E-state index contributed by atoms with van der Waals surface area (Å²) < 4.78 is 4.85. The van der Waals surface area contributed by atoms with Gasteiger partial charge in [-0.1, -0.05) is 30.3 Å². The SMILES string of the molecule is COC(=O)[C@@H]1C(=O)NC(N2CCN(c3ncccn3)CC2)=N[C@H]1c1ccccc1. The average molecular weight is 394 g/mol. The molecule has 1 amide bonds. The molecule has 0 aliphatic carbocycles. The molecule has 1 aromatic heterocycles. The van der Waals surface area contributed by atoms with E-state index in [-0.39, 0.29) is 0 Å². The van der Waals surface area contributed by atoms with Gasteiger partial charge in [-0.05, 0) is 11.6 Å². The summed E-state index contributed by atoms with van der Waals surface area (Å²) in [7, 11) is 1.28. The fourth-order valence-corrected chi connectivity index (χ4v) is 3.58. The lowest BCUT2D eigenvalue weighted by Gasteiger charge is -2.38. The van der Waals surface area contributed by atoms with Crippen molar-refractivity contribution in [3.05, 3.63) is 54.4 Å². The number of hydrogen-bond donors (Lipinski definition) is 1. The number of anilines is 1. The van der Waals surface area contributed by atoms with Gasteiger partial charge in [-0.3, -0.25) is 14.9 Å². The van der Waals surface area contributed by atoms with Gasteiger partial charge in [0.05, 0.1) is 7.11 Å². The second kappa shape index (κ2) is 8.26. The summed E-state index contributed by atoms with van der Waals surface area (Å²) in [6.45, 7) is 2.72. The first kappa shape index (κ1) is 18.9. The first-order chi connectivity index (χ1) is 14.2. The number of methoxy groups -OCH3 is 1. The van der Waals surface area contributed by atoms with Gasteiger partial charge >= 0.3 is 5.97 Å². The zero-order valence-electron chi connectivity index (χ0n) is 16.1. The van der Waals surface area contributed by atoms with Gasteiger partial charge < -0.3 is 14.5 Å². The van der Waals surface area contributed by atoms with Gasteiger partial charge in [-0.25, -0.2) is 15.0 Å². The van der Waals surface area contributed by atoms with E-state index in [4.69, 9.17) is 9.73 Å². The summed E-state index contributed by atoms with van der Waals surface area (Å²) in [5.74, 6) is -0.827. The van der Waals surface area contributed by atoms with E-state index >= 15 is 0 Å². The number of piperazine rings is 1. The van der Waals surface area contributed by atoms with Crippen molar-refractivity contribution >= 4 is 23.8 Å². The lowest BCUT2D eigenvalue weighted by molar-refractivity contribution is -0.151. The minimum Gasteiger partial charge on any atom is -0.468 e. The maximum absolute atomic E-state index is 12.8. The van der Waals surface area contributed by atoms with Crippen molar-refractivity contribution in [1.82, 2.24) is 20.2 Å². The first-order valence-corrected chi connectivity index (χ1v) is 9.45. The molecular weight excluding hydrogens is 372 g/mol. The number of nitrogens with one attached hydrogen (secondary N) is 1. The van der Waals surface area contributed by atoms with Crippen LogP contribution in [-0.2, 0) is 14.3 Å².